The first-order valence-corrected chi connectivity index (χ1v) is 10.8. The summed E-state index contributed by atoms with van der Waals surface area (Å²) in [5.74, 6) is -3.05. The average Bonchev–Trinajstić information content (AvgIpc) is 3.50. The van der Waals surface area contributed by atoms with Crippen molar-refractivity contribution < 1.29 is 24.3 Å². The van der Waals surface area contributed by atoms with Crippen LogP contribution < -0.4 is 27.4 Å². The number of carboxylic acid groups (broad SMARTS) is 1. The van der Waals surface area contributed by atoms with E-state index in [1.807, 2.05) is 0 Å². The Labute approximate surface area is 195 Å². The zero-order chi connectivity index (χ0) is 24.9. The monoisotopic (exact) mass is 477 g/mol. The van der Waals surface area contributed by atoms with E-state index in [1.165, 1.54) is 18.9 Å². The number of hydrogen-bond acceptors (Lipinski definition) is 8. The van der Waals surface area contributed by atoms with Crippen LogP contribution in [0.25, 0.3) is 0 Å². The Morgan fingerprint density at radius 2 is 1.53 bits per heavy atom. The van der Waals surface area contributed by atoms with E-state index in [-0.39, 0.29) is 19.3 Å². The summed E-state index contributed by atoms with van der Waals surface area (Å²) in [6.07, 6.45) is 7.63. The lowest BCUT2D eigenvalue weighted by Gasteiger charge is -2.24. The first-order valence-electron chi connectivity index (χ1n) is 10.8. The number of hydrogen-bond donors (Lipinski definition) is 8. The summed E-state index contributed by atoms with van der Waals surface area (Å²) in [4.78, 5) is 62.5. The van der Waals surface area contributed by atoms with E-state index in [0.717, 1.165) is 0 Å². The van der Waals surface area contributed by atoms with Crippen LogP contribution in [0.5, 0.6) is 0 Å². The van der Waals surface area contributed by atoms with Gasteiger partial charge in [0.25, 0.3) is 0 Å². The number of H-pyrrole nitrogens is 2. The van der Waals surface area contributed by atoms with Crippen molar-refractivity contribution in [2.24, 2.45) is 11.5 Å². The molecular formula is C20H31N9O5. The van der Waals surface area contributed by atoms with Crippen LogP contribution in [0.4, 0.5) is 0 Å². The molecular weight excluding hydrogens is 446 g/mol. The maximum atomic E-state index is 13.1. The number of carbonyl (C=O) groups excluding carboxylic acids is 3. The molecule has 3 unspecified atom stereocenters. The van der Waals surface area contributed by atoms with E-state index in [1.54, 1.807) is 6.20 Å². The van der Waals surface area contributed by atoms with Crippen LogP contribution in [0.1, 0.15) is 30.7 Å². The molecule has 2 rings (SSSR count). The van der Waals surface area contributed by atoms with Crippen molar-refractivity contribution in [1.82, 2.24) is 35.9 Å². The van der Waals surface area contributed by atoms with Gasteiger partial charge in [-0.05, 0) is 25.8 Å². The predicted octanol–water partition coefficient (Wildman–Crippen LogP) is -2.46. The number of amides is 3. The molecule has 0 aliphatic rings. The predicted molar refractivity (Wildman–Crippen MR) is 120 cm³/mol. The maximum absolute atomic E-state index is 13.1. The number of aromatic amines is 2. The Bertz CT molecular complexity index is 917. The quantitative estimate of drug-likeness (QED) is 0.127. The Balaban J connectivity index is 2.08. The minimum Gasteiger partial charge on any atom is -0.480 e. The Kier molecular flexibility index (Phi) is 10.7. The highest BCUT2D eigenvalue weighted by molar-refractivity contribution is 5.93. The van der Waals surface area contributed by atoms with Gasteiger partial charge in [-0.3, -0.25) is 19.2 Å². The summed E-state index contributed by atoms with van der Waals surface area (Å²) < 4.78 is 0. The number of imidazole rings is 2. The molecule has 14 nitrogen and oxygen atoms in total. The number of rotatable bonds is 15. The van der Waals surface area contributed by atoms with Gasteiger partial charge in [0.1, 0.15) is 18.6 Å². The molecule has 2 aromatic heterocycles. The van der Waals surface area contributed by atoms with E-state index in [4.69, 9.17) is 16.6 Å². The third-order valence-electron chi connectivity index (χ3n) is 4.94. The van der Waals surface area contributed by atoms with Crippen LogP contribution >= 0.6 is 0 Å². The van der Waals surface area contributed by atoms with Gasteiger partial charge >= 0.3 is 5.97 Å². The smallest absolute Gasteiger partial charge is 0.322 e. The lowest BCUT2D eigenvalue weighted by molar-refractivity contribution is -0.138. The average molecular weight is 478 g/mol. The van der Waals surface area contributed by atoms with Gasteiger partial charge in [0.15, 0.2) is 0 Å². The van der Waals surface area contributed by atoms with Crippen LogP contribution in [-0.4, -0.2) is 79.9 Å². The molecule has 2 heterocycles. The van der Waals surface area contributed by atoms with Crippen molar-refractivity contribution in [2.45, 2.75) is 50.2 Å². The minimum absolute atomic E-state index is 0.0417. The first-order chi connectivity index (χ1) is 16.3. The second-order valence-electron chi connectivity index (χ2n) is 7.69. The highest BCUT2D eigenvalue weighted by Crippen LogP contribution is 2.06. The fourth-order valence-electron chi connectivity index (χ4n) is 3.15. The largest absolute Gasteiger partial charge is 0.480 e. The summed E-state index contributed by atoms with van der Waals surface area (Å²) in [5.41, 5.74) is 12.7. The Morgan fingerprint density at radius 1 is 0.912 bits per heavy atom. The number of nitrogens with two attached hydrogens (primary N) is 2. The van der Waals surface area contributed by atoms with Gasteiger partial charge in [0.2, 0.25) is 17.7 Å². The van der Waals surface area contributed by atoms with E-state index in [2.05, 4.69) is 35.9 Å². The van der Waals surface area contributed by atoms with Crippen molar-refractivity contribution >= 4 is 23.7 Å². The summed E-state index contributed by atoms with van der Waals surface area (Å²) in [6.45, 7) is -0.186. The van der Waals surface area contributed by atoms with Crippen molar-refractivity contribution in [3.8, 4) is 0 Å². The molecule has 0 saturated heterocycles. The molecule has 0 aliphatic carbocycles. The van der Waals surface area contributed by atoms with Crippen LogP contribution in [0.3, 0.4) is 0 Å². The van der Waals surface area contributed by atoms with Crippen LogP contribution in [0, 0.1) is 0 Å². The van der Waals surface area contributed by atoms with E-state index in [9.17, 15) is 19.2 Å². The molecule has 10 N–H and O–H groups in total. The molecule has 0 fully saturated rings. The van der Waals surface area contributed by atoms with E-state index >= 15 is 0 Å². The molecule has 0 bridgehead atoms. The van der Waals surface area contributed by atoms with Gasteiger partial charge < -0.3 is 42.5 Å². The Morgan fingerprint density at radius 3 is 2.09 bits per heavy atom. The van der Waals surface area contributed by atoms with Crippen LogP contribution in [0.15, 0.2) is 25.0 Å². The second kappa shape index (κ2) is 13.7. The summed E-state index contributed by atoms with van der Waals surface area (Å²) >= 11 is 0. The van der Waals surface area contributed by atoms with Crippen LogP contribution in [0.2, 0.25) is 0 Å². The minimum atomic E-state index is -1.22. The number of carboxylic acids is 1. The highest BCUT2D eigenvalue weighted by Gasteiger charge is 2.28. The second-order valence-corrected chi connectivity index (χ2v) is 7.69. The number of unbranched alkanes of at least 4 members (excludes halogenated alkanes) is 1. The van der Waals surface area contributed by atoms with Gasteiger partial charge in [0.05, 0.1) is 18.7 Å². The van der Waals surface area contributed by atoms with Crippen molar-refractivity contribution in [2.75, 3.05) is 13.1 Å². The normalized spacial score (nSPS) is 13.5. The molecule has 3 amide bonds. The molecule has 0 aliphatic heterocycles. The van der Waals surface area contributed by atoms with Crippen molar-refractivity contribution in [1.29, 1.82) is 0 Å². The van der Waals surface area contributed by atoms with Crippen molar-refractivity contribution in [3.05, 3.63) is 36.4 Å². The zero-order valence-electron chi connectivity index (χ0n) is 18.6. The third-order valence-corrected chi connectivity index (χ3v) is 4.94. The summed E-state index contributed by atoms with van der Waals surface area (Å²) in [6, 6.07) is -2.99. The number of aliphatic carboxylic acids is 1. The van der Waals surface area contributed by atoms with Crippen LogP contribution in [-0.2, 0) is 32.0 Å². The maximum Gasteiger partial charge on any atom is 0.322 e. The van der Waals surface area contributed by atoms with Gasteiger partial charge in [-0.2, -0.15) is 0 Å². The standard InChI is InChI=1S/C20H31N9O5/c21-4-2-1-3-15(28-18(32)14(22)5-12-7-23-10-26-12)20(34)29-16(6-13-8-24-11-27-13)19(33)25-9-17(30)31/h7-8,10-11,14-16H,1-6,9,21-22H2,(H,23,26)(H,24,27)(H,25,33)(H,28,32)(H,29,34)(H,30,31). The SMILES string of the molecule is NCCCCC(NC(=O)C(N)Cc1cnc[nH]1)C(=O)NC(Cc1cnc[nH]1)C(=O)NCC(=O)O. The topological polar surface area (TPSA) is 234 Å². The lowest BCUT2D eigenvalue weighted by Crippen LogP contribution is -2.56. The molecule has 0 aromatic carbocycles. The molecule has 0 spiro atoms. The van der Waals surface area contributed by atoms with Gasteiger partial charge in [-0.1, -0.05) is 0 Å². The number of nitrogens with zero attached hydrogens (tertiary/aromatic N) is 2. The third kappa shape index (κ3) is 8.99. The Hall–Kier alpha value is -3.78. The van der Waals surface area contributed by atoms with Gasteiger partial charge in [-0.25, -0.2) is 9.97 Å². The first kappa shape index (κ1) is 26.5. The number of nitrogens with one attached hydrogen (secondary N) is 5. The molecule has 3 atom stereocenters. The molecule has 0 saturated carbocycles. The molecule has 0 radical (unpaired) electrons. The fraction of sp³-hybridized carbons (Fsp3) is 0.500. The van der Waals surface area contributed by atoms with Gasteiger partial charge in [0, 0.05) is 36.6 Å². The van der Waals surface area contributed by atoms with Gasteiger partial charge in [-0.15, -0.1) is 0 Å². The summed E-state index contributed by atoms with van der Waals surface area (Å²) in [5, 5.41) is 16.3. The number of aromatic nitrogens is 4. The zero-order valence-corrected chi connectivity index (χ0v) is 18.6. The van der Waals surface area contributed by atoms with Crippen molar-refractivity contribution in [3.63, 3.8) is 0 Å². The summed E-state index contributed by atoms with van der Waals surface area (Å²) in [7, 11) is 0. The molecule has 34 heavy (non-hydrogen) atoms. The lowest BCUT2D eigenvalue weighted by atomic mass is 10.1. The molecule has 2 aromatic rings. The molecule has 14 heteroatoms. The van der Waals surface area contributed by atoms with E-state index in [0.29, 0.717) is 30.8 Å². The van der Waals surface area contributed by atoms with E-state index < -0.39 is 48.4 Å². The fourth-order valence-corrected chi connectivity index (χ4v) is 3.15. The molecule has 186 valence electrons. The highest BCUT2D eigenvalue weighted by atomic mass is 16.4. The number of carbonyl (C=O) groups is 4.